The van der Waals surface area contributed by atoms with E-state index < -0.39 is 0 Å². The van der Waals surface area contributed by atoms with E-state index >= 15 is 0 Å². The Labute approximate surface area is 322 Å². The molecule has 4 aromatic carbocycles. The molecular weight excluding hydrogens is 731 g/mol. The van der Waals surface area contributed by atoms with Gasteiger partial charge in [-0.2, -0.15) is 0 Å². The number of benzene rings is 4. The Morgan fingerprint density at radius 3 is 1.79 bits per heavy atom. The molecule has 0 amide bonds. The maximum atomic E-state index is 11.5. The van der Waals surface area contributed by atoms with Crippen molar-refractivity contribution >= 4 is 0 Å². The lowest BCUT2D eigenvalue weighted by Gasteiger charge is -2.43. The number of methoxy groups -OCH3 is 2. The summed E-state index contributed by atoms with van der Waals surface area (Å²) >= 11 is 0. The Morgan fingerprint density at radius 2 is 1.17 bits per heavy atom. The van der Waals surface area contributed by atoms with E-state index in [4.69, 9.17) is 18.9 Å². The molecule has 6 bridgehead atoms. The number of hydrogen-bond donors (Lipinski definition) is 2. The number of quaternary nitrogens is 2. The Bertz CT molecular complexity index is 1840. The van der Waals surface area contributed by atoms with Gasteiger partial charge in [0.2, 0.25) is 5.75 Å². The molecule has 0 saturated carbocycles. The Hall–Kier alpha value is -4.02. The largest absolute Gasteiger partial charge is 1.00 e. The van der Waals surface area contributed by atoms with Gasteiger partial charge in [-0.05, 0) is 64.7 Å². The first kappa shape index (κ1) is 49.0. The van der Waals surface area contributed by atoms with Crippen molar-refractivity contribution in [3.8, 4) is 46.0 Å². The summed E-state index contributed by atoms with van der Waals surface area (Å²) < 4.78 is 26.1. The van der Waals surface area contributed by atoms with Gasteiger partial charge in [0.1, 0.15) is 17.8 Å². The third-order valence-corrected chi connectivity index (χ3v) is 10.5. The number of fused-ring (bicyclic) bond motifs is 2. The molecule has 4 aromatic rings. The Balaban J connectivity index is 0.00000386. The van der Waals surface area contributed by atoms with Crippen LogP contribution in [0.5, 0.6) is 46.0 Å². The topological polar surface area (TPSA) is 235 Å². The van der Waals surface area contributed by atoms with Crippen LogP contribution in [0, 0.1) is 0 Å². The van der Waals surface area contributed by atoms with E-state index in [0.29, 0.717) is 45.4 Å². The van der Waals surface area contributed by atoms with E-state index in [-0.39, 0.29) is 75.8 Å². The number of aromatic hydroxyl groups is 2. The zero-order valence-corrected chi connectivity index (χ0v) is 32.4. The summed E-state index contributed by atoms with van der Waals surface area (Å²) in [7, 11) is 12.2. The van der Waals surface area contributed by atoms with Gasteiger partial charge in [0.05, 0.1) is 61.1 Å². The number of likely N-dealkylation sites (N-methyl/N-ethyl adjacent to an activating group) is 2. The molecule has 13 nitrogen and oxygen atoms in total. The Kier molecular flexibility index (Phi) is 17.0. The maximum Gasteiger partial charge on any atom is 0.201 e. The molecule has 8 rings (SSSR count). The van der Waals surface area contributed by atoms with Crippen molar-refractivity contribution in [1.29, 1.82) is 0 Å². The van der Waals surface area contributed by atoms with Crippen LogP contribution < -0.4 is 43.8 Å². The average molecular weight is 786 g/mol. The molecule has 0 saturated heterocycles. The van der Waals surface area contributed by atoms with Gasteiger partial charge in [0, 0.05) is 31.2 Å². The van der Waals surface area contributed by atoms with E-state index in [9.17, 15) is 10.2 Å². The first-order valence-corrected chi connectivity index (χ1v) is 16.0. The highest BCUT2D eigenvalue weighted by Gasteiger charge is 2.41. The molecule has 0 aliphatic carbocycles. The van der Waals surface area contributed by atoms with Gasteiger partial charge in [0.15, 0.2) is 34.5 Å². The van der Waals surface area contributed by atoms with E-state index in [2.05, 4.69) is 52.5 Å². The summed E-state index contributed by atoms with van der Waals surface area (Å²) in [4.78, 5) is 0. The SMILES string of the molecule is COc1cc2c3cc1Oc1cc(ccc1O)CC1c4c(cc(OC)c(O)c4Oc4ccc(cc4)CC3[N+](C)(C)CC2)CC[N+]1(C)C.O.O.O.O.O.[Cl-].[Cl-]. The van der Waals surface area contributed by atoms with Gasteiger partial charge in [0.25, 0.3) is 0 Å². The predicted molar refractivity (Wildman–Crippen MR) is 195 cm³/mol. The summed E-state index contributed by atoms with van der Waals surface area (Å²) in [5.41, 5.74) is 6.74. The lowest BCUT2D eigenvalue weighted by molar-refractivity contribution is -0.923. The zero-order chi connectivity index (χ0) is 32.4. The molecule has 4 aliphatic rings. The van der Waals surface area contributed by atoms with E-state index in [1.54, 1.807) is 20.3 Å². The van der Waals surface area contributed by atoms with E-state index in [1.165, 1.54) is 16.7 Å². The second kappa shape index (κ2) is 18.3. The highest BCUT2D eigenvalue weighted by Crippen LogP contribution is 2.51. The number of phenolic OH excluding ortho intramolecular Hbond substituents is 2. The van der Waals surface area contributed by atoms with Gasteiger partial charge in [-0.3, -0.25) is 0 Å². The molecule has 0 fully saturated rings. The average Bonchev–Trinajstić information content (AvgIpc) is 3.03. The first-order valence-electron chi connectivity index (χ1n) is 16.0. The summed E-state index contributed by atoms with van der Waals surface area (Å²) in [5, 5.41) is 22.5. The second-order valence-corrected chi connectivity index (χ2v) is 14.1. The Morgan fingerprint density at radius 1 is 0.623 bits per heavy atom. The van der Waals surface area contributed by atoms with Gasteiger partial charge >= 0.3 is 0 Å². The zero-order valence-electron chi connectivity index (χ0n) is 30.8. The summed E-state index contributed by atoms with van der Waals surface area (Å²) in [6, 6.07) is 20.1. The van der Waals surface area contributed by atoms with Crippen LogP contribution in [0.4, 0.5) is 0 Å². The lowest BCUT2D eigenvalue weighted by Crippen LogP contribution is -3.00. The van der Waals surface area contributed by atoms with Crippen LogP contribution in [0.1, 0.15) is 45.5 Å². The van der Waals surface area contributed by atoms with Gasteiger partial charge in [-0.25, -0.2) is 0 Å². The number of halogens is 2. The second-order valence-electron chi connectivity index (χ2n) is 14.1. The molecule has 0 radical (unpaired) electrons. The van der Waals surface area contributed by atoms with Crippen LogP contribution in [0.15, 0.2) is 60.7 Å². The summed E-state index contributed by atoms with van der Waals surface area (Å²) in [6.45, 7) is 1.91. The molecular formula is C38H54Cl2N2O11. The minimum atomic E-state index is -0.0508. The molecule has 4 heterocycles. The maximum absolute atomic E-state index is 11.5. The van der Waals surface area contributed by atoms with Crippen LogP contribution >= 0.6 is 0 Å². The molecule has 296 valence electrons. The van der Waals surface area contributed by atoms with Crippen LogP contribution in [0.3, 0.4) is 0 Å². The minimum Gasteiger partial charge on any atom is -1.00 e. The first-order chi connectivity index (χ1) is 22.0. The van der Waals surface area contributed by atoms with Gasteiger partial charge in [-0.15, -0.1) is 0 Å². The van der Waals surface area contributed by atoms with Crippen LogP contribution in [-0.2, 0) is 25.7 Å². The molecule has 0 spiro atoms. The highest BCUT2D eigenvalue weighted by atomic mass is 35.5. The smallest absolute Gasteiger partial charge is 0.201 e. The molecule has 4 aliphatic heterocycles. The number of phenols is 2. The summed E-state index contributed by atoms with van der Waals surface area (Å²) in [5.74, 6) is 3.18. The third-order valence-electron chi connectivity index (χ3n) is 10.5. The molecule has 2 unspecified atom stereocenters. The molecule has 53 heavy (non-hydrogen) atoms. The van der Waals surface area contributed by atoms with E-state index in [1.807, 2.05) is 30.3 Å². The third kappa shape index (κ3) is 8.86. The fourth-order valence-corrected chi connectivity index (χ4v) is 7.61. The quantitative estimate of drug-likeness (QED) is 0.198. The van der Waals surface area contributed by atoms with Crippen LogP contribution in [-0.4, -0.2) is 102 Å². The van der Waals surface area contributed by atoms with Crippen LogP contribution in [0.25, 0.3) is 0 Å². The number of ether oxygens (including phenoxy) is 4. The predicted octanol–water partition coefficient (Wildman–Crippen LogP) is -3.27. The van der Waals surface area contributed by atoms with Crippen molar-refractivity contribution in [3.05, 3.63) is 94.0 Å². The molecule has 12 N–H and O–H groups in total. The summed E-state index contributed by atoms with van der Waals surface area (Å²) in [6.07, 6.45) is 3.21. The van der Waals surface area contributed by atoms with Crippen molar-refractivity contribution in [1.82, 2.24) is 0 Å². The lowest BCUT2D eigenvalue weighted by atomic mass is 9.85. The highest BCUT2D eigenvalue weighted by molar-refractivity contribution is 5.61. The number of rotatable bonds is 2. The van der Waals surface area contributed by atoms with Gasteiger partial charge in [-0.1, -0.05) is 18.2 Å². The van der Waals surface area contributed by atoms with Gasteiger partial charge < -0.3 is 90.3 Å². The molecule has 15 heteroatoms. The van der Waals surface area contributed by atoms with Crippen molar-refractivity contribution in [3.63, 3.8) is 0 Å². The van der Waals surface area contributed by atoms with Crippen molar-refractivity contribution in [2.24, 2.45) is 0 Å². The fraction of sp³-hybridized carbons (Fsp3) is 0.368. The monoisotopic (exact) mass is 784 g/mol. The number of nitrogens with zero attached hydrogens (tertiary/aromatic N) is 2. The molecule has 2 atom stereocenters. The minimum absolute atomic E-state index is 0. The number of hydrogen-bond acceptors (Lipinski definition) is 6. The van der Waals surface area contributed by atoms with Crippen molar-refractivity contribution < 1.29 is 90.3 Å². The standard InChI is InChI=1S/C38H42N2O6.2ClH.5H2O/c1-39(2)15-13-25-20-33(43-5)34-22-28(25)29(39)17-23-7-10-27(11-8-23)45-38-36-26(21-35(44-6)37(38)42)14-16-40(3,4)30(36)18-24-9-12-31(41)32(19-24)46-34;;;;;;;/h7-12,19-22,29-30H,13-18H2,1-6H3;2*1H;5*1H2. The van der Waals surface area contributed by atoms with Crippen molar-refractivity contribution in [2.45, 2.75) is 37.8 Å². The van der Waals surface area contributed by atoms with Crippen molar-refractivity contribution in [2.75, 3.05) is 55.5 Å². The fourth-order valence-electron chi connectivity index (χ4n) is 7.61. The van der Waals surface area contributed by atoms with Crippen LogP contribution in [0.2, 0.25) is 0 Å². The van der Waals surface area contributed by atoms with E-state index in [0.717, 1.165) is 53.5 Å². The normalized spacial score (nSPS) is 18.0. The molecule has 0 aromatic heterocycles.